The Morgan fingerprint density at radius 3 is 1.29 bits per heavy atom. The van der Waals surface area contributed by atoms with Crippen LogP contribution in [0.25, 0.3) is 0 Å². The summed E-state index contributed by atoms with van der Waals surface area (Å²) < 4.78 is 85.5. The number of halogens is 6. The molecule has 12 heteroatoms. The van der Waals surface area contributed by atoms with E-state index >= 15 is 0 Å². The van der Waals surface area contributed by atoms with E-state index in [9.17, 15) is 36.6 Å². The number of phenols is 2. The van der Waals surface area contributed by atoms with E-state index in [2.05, 4.69) is 9.98 Å². The number of alkyl halides is 6. The van der Waals surface area contributed by atoms with Crippen molar-refractivity contribution < 1.29 is 46.0 Å². The third kappa shape index (κ3) is 9.01. The highest BCUT2D eigenvalue weighted by atomic mass is 19.4. The molecule has 0 aliphatic rings. The van der Waals surface area contributed by atoms with Crippen molar-refractivity contribution in [3.05, 3.63) is 107 Å². The second-order valence-electron chi connectivity index (χ2n) is 8.46. The Hall–Kier alpha value is -5.00. The summed E-state index contributed by atoms with van der Waals surface area (Å²) in [5.74, 6) is 0.953. The van der Waals surface area contributed by atoms with Gasteiger partial charge in [0, 0.05) is 23.6 Å². The first-order valence-electron chi connectivity index (χ1n) is 12.0. The number of phenolic OH excluding ortho intramolecular Hbond substituents is 2. The molecule has 0 aliphatic heterocycles. The van der Waals surface area contributed by atoms with Gasteiger partial charge in [-0.15, -0.1) is 0 Å². The van der Waals surface area contributed by atoms with Gasteiger partial charge in [-0.1, -0.05) is 12.1 Å². The molecule has 4 aromatic rings. The lowest BCUT2D eigenvalue weighted by atomic mass is 10.2. The van der Waals surface area contributed by atoms with Crippen molar-refractivity contribution in [3.8, 4) is 23.0 Å². The highest BCUT2D eigenvalue weighted by Crippen LogP contribution is 2.33. The SMILES string of the molecule is COc1ccc(O)c(C=Nc2cccc(C(F)(F)F)c2)c1.COc1ccc(O)c(C=Nc2cccc(C(F)(F)F)c2)c1. The van der Waals surface area contributed by atoms with Crippen LogP contribution in [-0.2, 0) is 12.4 Å². The molecule has 0 fully saturated rings. The van der Waals surface area contributed by atoms with Gasteiger partial charge in [0.2, 0.25) is 0 Å². The molecule has 0 bridgehead atoms. The van der Waals surface area contributed by atoms with Crippen molar-refractivity contribution in [3.63, 3.8) is 0 Å². The molecule has 42 heavy (non-hydrogen) atoms. The molecule has 0 saturated heterocycles. The number of hydrogen-bond donors (Lipinski definition) is 2. The van der Waals surface area contributed by atoms with Gasteiger partial charge in [-0.05, 0) is 72.8 Å². The average molecular weight is 591 g/mol. The number of aromatic hydroxyl groups is 2. The van der Waals surface area contributed by atoms with E-state index in [4.69, 9.17) is 9.47 Å². The molecule has 4 rings (SSSR count). The van der Waals surface area contributed by atoms with Crippen molar-refractivity contribution in [1.29, 1.82) is 0 Å². The number of hydrogen-bond acceptors (Lipinski definition) is 6. The van der Waals surface area contributed by atoms with Gasteiger partial charge in [0.1, 0.15) is 23.0 Å². The molecule has 0 radical (unpaired) electrons. The molecule has 0 aliphatic carbocycles. The van der Waals surface area contributed by atoms with Crippen LogP contribution in [0.1, 0.15) is 22.3 Å². The number of rotatable bonds is 6. The molecule has 0 aromatic heterocycles. The quantitative estimate of drug-likeness (QED) is 0.175. The fourth-order valence-electron chi connectivity index (χ4n) is 3.34. The summed E-state index contributed by atoms with van der Waals surface area (Å²) in [6.07, 6.45) is -6.26. The second-order valence-corrected chi connectivity index (χ2v) is 8.46. The fourth-order valence-corrected chi connectivity index (χ4v) is 3.34. The summed E-state index contributed by atoms with van der Waals surface area (Å²) in [4.78, 5) is 7.89. The summed E-state index contributed by atoms with van der Waals surface area (Å²) in [7, 11) is 2.94. The predicted molar refractivity (Wildman–Crippen MR) is 147 cm³/mol. The smallest absolute Gasteiger partial charge is 0.416 e. The zero-order chi connectivity index (χ0) is 30.9. The molecule has 0 spiro atoms. The maximum Gasteiger partial charge on any atom is 0.416 e. The summed E-state index contributed by atoms with van der Waals surface area (Å²) in [5, 5.41) is 19.3. The third-order valence-corrected chi connectivity index (χ3v) is 5.52. The van der Waals surface area contributed by atoms with Crippen molar-refractivity contribution in [2.45, 2.75) is 12.4 Å². The highest BCUT2D eigenvalue weighted by molar-refractivity contribution is 5.86. The summed E-state index contributed by atoms with van der Waals surface area (Å²) in [6, 6.07) is 18.3. The van der Waals surface area contributed by atoms with Crippen molar-refractivity contribution in [1.82, 2.24) is 0 Å². The van der Waals surface area contributed by atoms with Crippen LogP contribution >= 0.6 is 0 Å². The topological polar surface area (TPSA) is 83.6 Å². The number of aliphatic imine (C=N–C) groups is 2. The number of nitrogens with zero attached hydrogens (tertiary/aromatic N) is 2. The van der Waals surface area contributed by atoms with Gasteiger partial charge >= 0.3 is 12.4 Å². The molecule has 220 valence electrons. The summed E-state index contributed by atoms with van der Waals surface area (Å²) in [6.45, 7) is 0. The Balaban J connectivity index is 0.000000230. The maximum absolute atomic E-state index is 12.6. The van der Waals surface area contributed by atoms with Crippen LogP contribution < -0.4 is 9.47 Å². The zero-order valence-corrected chi connectivity index (χ0v) is 22.1. The highest BCUT2D eigenvalue weighted by Gasteiger charge is 2.31. The Labute approximate surface area is 236 Å². The van der Waals surface area contributed by atoms with E-state index in [1.54, 1.807) is 12.1 Å². The first kappa shape index (κ1) is 31.5. The van der Waals surface area contributed by atoms with Gasteiger partial charge < -0.3 is 19.7 Å². The molecule has 6 nitrogen and oxygen atoms in total. The van der Waals surface area contributed by atoms with E-state index in [1.807, 2.05) is 0 Å². The van der Waals surface area contributed by atoms with Gasteiger partial charge in [-0.25, -0.2) is 0 Å². The molecular formula is C30H24F6N2O4. The van der Waals surface area contributed by atoms with Crippen molar-refractivity contribution >= 4 is 23.8 Å². The van der Waals surface area contributed by atoms with Gasteiger partial charge in [0.15, 0.2) is 0 Å². The van der Waals surface area contributed by atoms with Gasteiger partial charge in [0.25, 0.3) is 0 Å². The summed E-state index contributed by atoms with van der Waals surface area (Å²) >= 11 is 0. The van der Waals surface area contributed by atoms with Crippen LogP contribution in [-0.4, -0.2) is 36.9 Å². The van der Waals surface area contributed by atoms with E-state index in [0.29, 0.717) is 22.6 Å². The molecule has 0 amide bonds. The molecule has 0 saturated carbocycles. The lowest BCUT2D eigenvalue weighted by molar-refractivity contribution is -0.138. The van der Waals surface area contributed by atoms with Crippen molar-refractivity contribution in [2.75, 3.05) is 14.2 Å². The lowest BCUT2D eigenvalue weighted by Crippen LogP contribution is -2.03. The predicted octanol–water partition coefficient (Wildman–Crippen LogP) is 8.34. The Morgan fingerprint density at radius 2 is 0.952 bits per heavy atom. The second kappa shape index (κ2) is 13.6. The molecule has 0 heterocycles. The minimum atomic E-state index is -4.41. The Morgan fingerprint density at radius 1 is 0.571 bits per heavy atom. The first-order valence-corrected chi connectivity index (χ1v) is 12.0. The van der Waals surface area contributed by atoms with Crippen LogP contribution in [0.4, 0.5) is 37.7 Å². The van der Waals surface area contributed by atoms with Crippen LogP contribution in [0.5, 0.6) is 23.0 Å². The molecule has 0 unspecified atom stereocenters. The lowest BCUT2D eigenvalue weighted by Gasteiger charge is -2.06. The number of methoxy groups -OCH3 is 2. The molecule has 4 aromatic carbocycles. The van der Waals surface area contributed by atoms with Crippen LogP contribution in [0, 0.1) is 0 Å². The normalized spacial score (nSPS) is 11.8. The van der Waals surface area contributed by atoms with E-state index < -0.39 is 23.5 Å². The van der Waals surface area contributed by atoms with Crippen LogP contribution in [0.15, 0.2) is 94.9 Å². The van der Waals surface area contributed by atoms with E-state index in [0.717, 1.165) is 24.3 Å². The third-order valence-electron chi connectivity index (χ3n) is 5.52. The largest absolute Gasteiger partial charge is 0.507 e. The minimum Gasteiger partial charge on any atom is -0.507 e. The van der Waals surface area contributed by atoms with Crippen molar-refractivity contribution in [2.24, 2.45) is 9.98 Å². The molecule has 0 atom stereocenters. The minimum absolute atomic E-state index is 0.0356. The monoisotopic (exact) mass is 590 g/mol. The summed E-state index contributed by atoms with van der Waals surface area (Å²) in [5.41, 5.74) is -0.545. The number of ether oxygens (including phenoxy) is 2. The maximum atomic E-state index is 12.6. The molecular weight excluding hydrogens is 566 g/mol. The molecule has 2 N–H and O–H groups in total. The zero-order valence-electron chi connectivity index (χ0n) is 22.1. The van der Waals surface area contributed by atoms with E-state index in [-0.39, 0.29) is 22.9 Å². The Bertz CT molecular complexity index is 1450. The first-order chi connectivity index (χ1) is 19.8. The Kier molecular flexibility index (Phi) is 10.2. The van der Waals surface area contributed by atoms with Gasteiger partial charge in [-0.3, -0.25) is 9.98 Å². The number of benzene rings is 4. The van der Waals surface area contributed by atoms with Crippen LogP contribution in [0.2, 0.25) is 0 Å². The van der Waals surface area contributed by atoms with E-state index in [1.165, 1.54) is 75.2 Å². The van der Waals surface area contributed by atoms with Crippen LogP contribution in [0.3, 0.4) is 0 Å². The standard InChI is InChI=1S/2C15H12F3NO2/c2*1-21-13-5-6-14(20)10(7-13)9-19-12-4-2-3-11(8-12)15(16,17)18/h2*2-9,20H,1H3. The average Bonchev–Trinajstić information content (AvgIpc) is 2.96. The van der Waals surface area contributed by atoms with Gasteiger partial charge in [0.05, 0.1) is 36.7 Å². The fraction of sp³-hybridized carbons (Fsp3) is 0.133. The van der Waals surface area contributed by atoms with Gasteiger partial charge in [-0.2, -0.15) is 26.3 Å².